The first kappa shape index (κ1) is 18.0. The molecule has 0 atom stereocenters. The molecule has 0 aliphatic heterocycles. The molecule has 0 aliphatic carbocycles. The van der Waals surface area contributed by atoms with Gasteiger partial charge in [0.25, 0.3) is 11.5 Å². The van der Waals surface area contributed by atoms with E-state index in [-0.39, 0.29) is 11.3 Å². The molecule has 9 nitrogen and oxygen atoms in total. The maximum atomic E-state index is 11.9. The highest BCUT2D eigenvalue weighted by Crippen LogP contribution is 2.25. The molecule has 9 heteroatoms. The van der Waals surface area contributed by atoms with Crippen molar-refractivity contribution in [3.63, 3.8) is 0 Å². The van der Waals surface area contributed by atoms with Gasteiger partial charge in [-0.2, -0.15) is 5.10 Å². The summed E-state index contributed by atoms with van der Waals surface area (Å²) in [5.41, 5.74) is -0.00306. The van der Waals surface area contributed by atoms with Gasteiger partial charge in [-0.15, -0.1) is 0 Å². The Morgan fingerprint density at radius 2 is 1.76 bits per heavy atom. The summed E-state index contributed by atoms with van der Waals surface area (Å²) in [6, 6.07) is 7.26. The van der Waals surface area contributed by atoms with Gasteiger partial charge in [0.1, 0.15) is 11.5 Å². The number of aryl methyl sites for hydroxylation is 1. The summed E-state index contributed by atoms with van der Waals surface area (Å²) in [4.78, 5) is 35.0. The lowest BCUT2D eigenvalue weighted by Crippen LogP contribution is -2.24. The van der Waals surface area contributed by atoms with Crippen LogP contribution >= 0.6 is 0 Å². The van der Waals surface area contributed by atoms with Gasteiger partial charge in [-0.05, 0) is 6.07 Å². The third-order valence-electron chi connectivity index (χ3n) is 3.14. The lowest BCUT2D eigenvalue weighted by Gasteiger charge is -2.10. The van der Waals surface area contributed by atoms with Crippen molar-refractivity contribution in [1.29, 1.82) is 0 Å². The molecule has 132 valence electrons. The zero-order chi connectivity index (χ0) is 18.4. The monoisotopic (exact) mass is 347 g/mol. The number of ether oxygens (including phenoxy) is 3. The van der Waals surface area contributed by atoms with E-state index in [4.69, 9.17) is 14.2 Å². The van der Waals surface area contributed by atoms with Gasteiger partial charge in [0.15, 0.2) is 12.3 Å². The largest absolute Gasteiger partial charge is 0.497 e. The lowest BCUT2D eigenvalue weighted by molar-refractivity contribution is -0.119. The van der Waals surface area contributed by atoms with Crippen LogP contribution in [0.25, 0.3) is 0 Å². The van der Waals surface area contributed by atoms with Crippen LogP contribution in [0.5, 0.6) is 11.5 Å². The molecular weight excluding hydrogens is 330 g/mol. The van der Waals surface area contributed by atoms with E-state index in [0.29, 0.717) is 17.2 Å². The minimum Gasteiger partial charge on any atom is -0.497 e. The standard InChI is InChI=1S/C16H17N3O6/c1-19-15(21)5-4-13(18-19)16(22)25-9-14(20)17-10-6-11(23-2)8-12(7-10)24-3/h4-8H,9H2,1-3H3,(H,17,20). The number of rotatable bonds is 6. The molecule has 0 fully saturated rings. The minimum atomic E-state index is -0.811. The second kappa shape index (κ2) is 7.95. The zero-order valence-corrected chi connectivity index (χ0v) is 13.9. The minimum absolute atomic E-state index is 0.0713. The quantitative estimate of drug-likeness (QED) is 0.762. The molecule has 2 aromatic rings. The van der Waals surface area contributed by atoms with Crippen molar-refractivity contribution in [3.05, 3.63) is 46.4 Å². The molecule has 1 aromatic carbocycles. The summed E-state index contributed by atoms with van der Waals surface area (Å²) in [6.07, 6.45) is 0. The molecule has 1 N–H and O–H groups in total. The smallest absolute Gasteiger partial charge is 0.359 e. The Hall–Kier alpha value is -3.36. The van der Waals surface area contributed by atoms with Crippen LogP contribution in [-0.2, 0) is 16.6 Å². The summed E-state index contributed by atoms with van der Waals surface area (Å²) in [6.45, 7) is -0.511. The van der Waals surface area contributed by atoms with E-state index in [0.717, 1.165) is 4.68 Å². The van der Waals surface area contributed by atoms with E-state index in [9.17, 15) is 14.4 Å². The Labute approximate surface area is 143 Å². The topological polar surface area (TPSA) is 109 Å². The fraction of sp³-hybridized carbons (Fsp3) is 0.250. The van der Waals surface area contributed by atoms with E-state index in [1.165, 1.54) is 33.4 Å². The number of amides is 1. The molecule has 2 rings (SSSR count). The number of anilines is 1. The van der Waals surface area contributed by atoms with Crippen LogP contribution in [0.1, 0.15) is 10.5 Å². The van der Waals surface area contributed by atoms with Crippen LogP contribution in [0.2, 0.25) is 0 Å². The van der Waals surface area contributed by atoms with Crippen LogP contribution < -0.4 is 20.3 Å². The van der Waals surface area contributed by atoms with Crippen molar-refractivity contribution < 1.29 is 23.8 Å². The molecule has 0 spiro atoms. The third-order valence-corrected chi connectivity index (χ3v) is 3.14. The van der Waals surface area contributed by atoms with Gasteiger partial charge >= 0.3 is 5.97 Å². The SMILES string of the molecule is COc1cc(NC(=O)COC(=O)c2ccc(=O)n(C)n2)cc(OC)c1. The van der Waals surface area contributed by atoms with Gasteiger partial charge in [-0.1, -0.05) is 0 Å². The highest BCUT2D eigenvalue weighted by molar-refractivity contribution is 5.95. The molecule has 1 aromatic heterocycles. The molecule has 25 heavy (non-hydrogen) atoms. The van der Waals surface area contributed by atoms with E-state index < -0.39 is 18.5 Å². The van der Waals surface area contributed by atoms with Gasteiger partial charge in [-0.3, -0.25) is 9.59 Å². The molecule has 0 bridgehead atoms. The Bertz CT molecular complexity index is 824. The Morgan fingerprint density at radius 1 is 1.12 bits per heavy atom. The Balaban J connectivity index is 1.97. The number of carbonyl (C=O) groups excluding carboxylic acids is 2. The highest BCUT2D eigenvalue weighted by atomic mass is 16.5. The maximum Gasteiger partial charge on any atom is 0.359 e. The van der Waals surface area contributed by atoms with Crippen molar-refractivity contribution in [2.24, 2.45) is 7.05 Å². The second-order valence-electron chi connectivity index (χ2n) is 4.91. The van der Waals surface area contributed by atoms with Crippen molar-refractivity contribution in [2.75, 3.05) is 26.1 Å². The summed E-state index contributed by atoms with van der Waals surface area (Å²) >= 11 is 0. The Kier molecular flexibility index (Phi) is 5.72. The average molecular weight is 347 g/mol. The van der Waals surface area contributed by atoms with Crippen molar-refractivity contribution in [1.82, 2.24) is 9.78 Å². The fourth-order valence-electron chi connectivity index (χ4n) is 1.89. The summed E-state index contributed by atoms with van der Waals surface area (Å²) in [5, 5.41) is 6.31. The third kappa shape index (κ3) is 4.80. The summed E-state index contributed by atoms with van der Waals surface area (Å²) in [7, 11) is 4.38. The number of aromatic nitrogens is 2. The first-order chi connectivity index (χ1) is 11.9. The predicted octanol–water partition coefficient (Wildman–Crippen LogP) is 0.593. The molecule has 0 radical (unpaired) electrons. The van der Waals surface area contributed by atoms with Gasteiger partial charge in [-0.25, -0.2) is 9.48 Å². The van der Waals surface area contributed by atoms with Crippen LogP contribution in [0.4, 0.5) is 5.69 Å². The van der Waals surface area contributed by atoms with E-state index in [2.05, 4.69) is 10.4 Å². The predicted molar refractivity (Wildman–Crippen MR) is 87.9 cm³/mol. The lowest BCUT2D eigenvalue weighted by atomic mass is 10.2. The molecule has 0 saturated heterocycles. The number of nitrogens with zero attached hydrogens (tertiary/aromatic N) is 2. The molecule has 1 heterocycles. The maximum absolute atomic E-state index is 11.9. The number of hydrogen-bond acceptors (Lipinski definition) is 7. The molecule has 0 aliphatic rings. The van der Waals surface area contributed by atoms with Gasteiger partial charge in [0, 0.05) is 37.0 Å². The van der Waals surface area contributed by atoms with Crippen molar-refractivity contribution in [3.8, 4) is 11.5 Å². The second-order valence-corrected chi connectivity index (χ2v) is 4.91. The van der Waals surface area contributed by atoms with E-state index >= 15 is 0 Å². The zero-order valence-electron chi connectivity index (χ0n) is 13.9. The van der Waals surface area contributed by atoms with Gasteiger partial charge in [0.05, 0.1) is 14.2 Å². The number of methoxy groups -OCH3 is 2. The number of carbonyl (C=O) groups is 2. The summed E-state index contributed by atoms with van der Waals surface area (Å²) in [5.74, 6) is -0.357. The number of nitrogens with one attached hydrogen (secondary N) is 1. The number of hydrogen-bond donors (Lipinski definition) is 1. The van der Waals surface area contributed by atoms with E-state index in [1.807, 2.05) is 0 Å². The molecule has 0 saturated carbocycles. The van der Waals surface area contributed by atoms with Crippen LogP contribution in [-0.4, -0.2) is 42.5 Å². The normalized spacial score (nSPS) is 10.0. The summed E-state index contributed by atoms with van der Waals surface area (Å²) < 4.78 is 16.1. The van der Waals surface area contributed by atoms with Gasteiger partial charge in [0.2, 0.25) is 0 Å². The van der Waals surface area contributed by atoms with Crippen LogP contribution in [0, 0.1) is 0 Å². The van der Waals surface area contributed by atoms with Crippen LogP contribution in [0.3, 0.4) is 0 Å². The first-order valence-corrected chi connectivity index (χ1v) is 7.17. The number of esters is 1. The van der Waals surface area contributed by atoms with Crippen molar-refractivity contribution in [2.45, 2.75) is 0 Å². The Morgan fingerprint density at radius 3 is 2.32 bits per heavy atom. The van der Waals surface area contributed by atoms with E-state index in [1.54, 1.807) is 18.2 Å². The van der Waals surface area contributed by atoms with Crippen LogP contribution in [0.15, 0.2) is 35.1 Å². The van der Waals surface area contributed by atoms with Crippen molar-refractivity contribution >= 4 is 17.6 Å². The molecule has 0 unspecified atom stereocenters. The average Bonchev–Trinajstić information content (AvgIpc) is 2.61. The van der Waals surface area contributed by atoms with Gasteiger partial charge < -0.3 is 19.5 Å². The fourth-order valence-corrected chi connectivity index (χ4v) is 1.89. The molecular formula is C16H17N3O6. The molecule has 1 amide bonds. The number of benzene rings is 1. The first-order valence-electron chi connectivity index (χ1n) is 7.17. The highest BCUT2D eigenvalue weighted by Gasteiger charge is 2.13.